The lowest BCUT2D eigenvalue weighted by Gasteiger charge is -2.18. The number of amides is 1. The van der Waals surface area contributed by atoms with Crippen LogP contribution in [0.25, 0.3) is 0 Å². The van der Waals surface area contributed by atoms with Crippen molar-refractivity contribution in [1.82, 2.24) is 5.32 Å². The second-order valence-corrected chi connectivity index (χ2v) is 5.72. The molecule has 1 aliphatic carbocycles. The quantitative estimate of drug-likeness (QED) is 0.756. The SMILES string of the molecule is O=C(C/C=C/CCc1ccccc1)NC1=C(C(=O)O)CCCC1. The highest BCUT2D eigenvalue weighted by molar-refractivity contribution is 5.89. The van der Waals surface area contributed by atoms with Crippen molar-refractivity contribution >= 4 is 11.9 Å². The zero-order chi connectivity index (χ0) is 16.5. The number of hydrogen-bond acceptors (Lipinski definition) is 2. The van der Waals surface area contributed by atoms with Crippen molar-refractivity contribution in [2.75, 3.05) is 0 Å². The van der Waals surface area contributed by atoms with E-state index in [1.54, 1.807) is 0 Å². The van der Waals surface area contributed by atoms with Crippen molar-refractivity contribution in [3.05, 3.63) is 59.3 Å². The second-order valence-electron chi connectivity index (χ2n) is 5.72. The third-order valence-corrected chi connectivity index (χ3v) is 3.93. The zero-order valence-corrected chi connectivity index (χ0v) is 13.3. The Morgan fingerprint density at radius 1 is 1.09 bits per heavy atom. The molecular formula is C19H23NO3. The fourth-order valence-electron chi connectivity index (χ4n) is 2.70. The number of benzene rings is 1. The molecular weight excluding hydrogens is 290 g/mol. The van der Waals surface area contributed by atoms with Gasteiger partial charge in [-0.25, -0.2) is 4.79 Å². The molecule has 0 fully saturated rings. The van der Waals surface area contributed by atoms with E-state index in [-0.39, 0.29) is 12.3 Å². The Hall–Kier alpha value is -2.36. The number of rotatable bonds is 7. The van der Waals surface area contributed by atoms with E-state index in [4.69, 9.17) is 5.11 Å². The highest BCUT2D eigenvalue weighted by Crippen LogP contribution is 2.23. The molecule has 1 aliphatic rings. The summed E-state index contributed by atoms with van der Waals surface area (Å²) in [6, 6.07) is 10.2. The number of hydrogen-bond donors (Lipinski definition) is 2. The summed E-state index contributed by atoms with van der Waals surface area (Å²) in [6.07, 6.45) is 8.96. The lowest BCUT2D eigenvalue weighted by Crippen LogP contribution is -2.26. The van der Waals surface area contributed by atoms with Crippen LogP contribution in [-0.2, 0) is 16.0 Å². The first-order chi connectivity index (χ1) is 11.2. The van der Waals surface area contributed by atoms with Gasteiger partial charge in [-0.15, -0.1) is 0 Å². The summed E-state index contributed by atoms with van der Waals surface area (Å²) in [5.41, 5.74) is 2.23. The Bertz CT molecular complexity index is 602. The average Bonchev–Trinajstić information content (AvgIpc) is 2.56. The molecule has 0 bridgehead atoms. The van der Waals surface area contributed by atoms with Gasteiger partial charge < -0.3 is 10.4 Å². The molecule has 0 saturated heterocycles. The van der Waals surface area contributed by atoms with Crippen LogP contribution in [0.1, 0.15) is 44.1 Å². The molecule has 4 nitrogen and oxygen atoms in total. The molecule has 122 valence electrons. The Morgan fingerprint density at radius 3 is 2.57 bits per heavy atom. The molecule has 0 heterocycles. The summed E-state index contributed by atoms with van der Waals surface area (Å²) < 4.78 is 0. The summed E-state index contributed by atoms with van der Waals surface area (Å²) in [7, 11) is 0. The first-order valence-electron chi connectivity index (χ1n) is 8.11. The molecule has 0 atom stereocenters. The summed E-state index contributed by atoms with van der Waals surface area (Å²) >= 11 is 0. The van der Waals surface area contributed by atoms with Crippen LogP contribution in [-0.4, -0.2) is 17.0 Å². The minimum Gasteiger partial charge on any atom is -0.478 e. The normalized spacial score (nSPS) is 15.0. The van der Waals surface area contributed by atoms with E-state index in [1.165, 1.54) is 5.56 Å². The predicted molar refractivity (Wildman–Crippen MR) is 89.8 cm³/mol. The predicted octanol–water partition coefficient (Wildman–Crippen LogP) is 3.59. The maximum Gasteiger partial charge on any atom is 0.333 e. The Balaban J connectivity index is 1.76. The molecule has 0 aromatic heterocycles. The minimum atomic E-state index is -0.918. The van der Waals surface area contributed by atoms with E-state index in [2.05, 4.69) is 17.4 Å². The van der Waals surface area contributed by atoms with Gasteiger partial charge in [0.1, 0.15) is 0 Å². The van der Waals surface area contributed by atoms with E-state index in [0.717, 1.165) is 25.7 Å². The van der Waals surface area contributed by atoms with Crippen LogP contribution in [0.4, 0.5) is 0 Å². The van der Waals surface area contributed by atoms with E-state index in [1.807, 2.05) is 30.4 Å². The van der Waals surface area contributed by atoms with E-state index in [0.29, 0.717) is 24.1 Å². The third-order valence-electron chi connectivity index (χ3n) is 3.93. The largest absolute Gasteiger partial charge is 0.478 e. The van der Waals surface area contributed by atoms with Gasteiger partial charge in [0.05, 0.1) is 5.57 Å². The number of carbonyl (C=O) groups is 2. The molecule has 4 heteroatoms. The number of nitrogens with one attached hydrogen (secondary N) is 1. The van der Waals surface area contributed by atoms with Gasteiger partial charge >= 0.3 is 5.97 Å². The first-order valence-corrected chi connectivity index (χ1v) is 8.11. The fraction of sp³-hybridized carbons (Fsp3) is 0.368. The fourth-order valence-corrected chi connectivity index (χ4v) is 2.70. The summed E-state index contributed by atoms with van der Waals surface area (Å²) in [5.74, 6) is -1.06. The molecule has 0 unspecified atom stereocenters. The van der Waals surface area contributed by atoms with Crippen molar-refractivity contribution in [3.63, 3.8) is 0 Å². The third kappa shape index (κ3) is 5.74. The van der Waals surface area contributed by atoms with Gasteiger partial charge in [0.25, 0.3) is 0 Å². The maximum atomic E-state index is 11.9. The second kappa shape index (κ2) is 8.93. The smallest absolute Gasteiger partial charge is 0.333 e. The molecule has 0 aliphatic heterocycles. The molecule has 23 heavy (non-hydrogen) atoms. The number of carboxylic acids is 1. The van der Waals surface area contributed by atoms with Gasteiger partial charge in [0.15, 0.2) is 0 Å². The zero-order valence-electron chi connectivity index (χ0n) is 13.3. The molecule has 2 N–H and O–H groups in total. The van der Waals surface area contributed by atoms with E-state index >= 15 is 0 Å². The van der Waals surface area contributed by atoms with E-state index < -0.39 is 5.97 Å². The summed E-state index contributed by atoms with van der Waals surface area (Å²) in [4.78, 5) is 23.1. The summed E-state index contributed by atoms with van der Waals surface area (Å²) in [5, 5.41) is 11.9. The van der Waals surface area contributed by atoms with Crippen molar-refractivity contribution in [2.45, 2.75) is 44.9 Å². The van der Waals surface area contributed by atoms with Crippen LogP contribution < -0.4 is 5.32 Å². The number of aryl methyl sites for hydroxylation is 1. The van der Waals surface area contributed by atoms with Crippen molar-refractivity contribution in [3.8, 4) is 0 Å². The number of carboxylic acid groups (broad SMARTS) is 1. The van der Waals surface area contributed by atoms with Crippen molar-refractivity contribution in [1.29, 1.82) is 0 Å². The molecule has 0 saturated carbocycles. The van der Waals surface area contributed by atoms with Crippen LogP contribution >= 0.6 is 0 Å². The van der Waals surface area contributed by atoms with Gasteiger partial charge in [-0.05, 0) is 44.1 Å². The van der Waals surface area contributed by atoms with Crippen LogP contribution in [0.2, 0.25) is 0 Å². The van der Waals surface area contributed by atoms with Gasteiger partial charge in [-0.1, -0.05) is 42.5 Å². The van der Waals surface area contributed by atoms with Crippen molar-refractivity contribution in [2.24, 2.45) is 0 Å². The Morgan fingerprint density at radius 2 is 1.83 bits per heavy atom. The van der Waals surface area contributed by atoms with Gasteiger partial charge in [-0.2, -0.15) is 0 Å². The van der Waals surface area contributed by atoms with Gasteiger partial charge in [0, 0.05) is 12.1 Å². The number of allylic oxidation sites excluding steroid dienone is 2. The lowest BCUT2D eigenvalue weighted by molar-refractivity contribution is -0.133. The highest BCUT2D eigenvalue weighted by atomic mass is 16.4. The lowest BCUT2D eigenvalue weighted by atomic mass is 9.96. The van der Waals surface area contributed by atoms with Crippen LogP contribution in [0.5, 0.6) is 0 Å². The Kier molecular flexibility index (Phi) is 6.60. The molecule has 1 aromatic rings. The maximum absolute atomic E-state index is 11.9. The van der Waals surface area contributed by atoms with E-state index in [9.17, 15) is 9.59 Å². The van der Waals surface area contributed by atoms with Crippen LogP contribution in [0.15, 0.2) is 53.8 Å². The molecule has 1 amide bonds. The topological polar surface area (TPSA) is 66.4 Å². The monoisotopic (exact) mass is 313 g/mol. The average molecular weight is 313 g/mol. The van der Waals surface area contributed by atoms with Gasteiger partial charge in [0.2, 0.25) is 5.91 Å². The molecule has 2 rings (SSSR count). The first kappa shape index (κ1) is 17.0. The van der Waals surface area contributed by atoms with Gasteiger partial charge in [-0.3, -0.25) is 4.79 Å². The number of aliphatic carboxylic acids is 1. The molecule has 1 aromatic carbocycles. The van der Waals surface area contributed by atoms with Crippen LogP contribution in [0, 0.1) is 0 Å². The molecule has 0 radical (unpaired) electrons. The molecule has 0 spiro atoms. The standard InChI is InChI=1S/C19H23NO3/c21-18(20-17-13-8-7-12-16(17)19(22)23)14-6-2-5-11-15-9-3-1-4-10-15/h1-4,6,9-10H,5,7-8,11-14H2,(H,20,21)(H,22,23)/b6-2+. The Labute approximate surface area is 136 Å². The van der Waals surface area contributed by atoms with Crippen molar-refractivity contribution < 1.29 is 14.7 Å². The summed E-state index contributed by atoms with van der Waals surface area (Å²) in [6.45, 7) is 0. The highest BCUT2D eigenvalue weighted by Gasteiger charge is 2.19. The van der Waals surface area contributed by atoms with Crippen LogP contribution in [0.3, 0.4) is 0 Å². The minimum absolute atomic E-state index is 0.142. The number of carbonyl (C=O) groups excluding carboxylic acids is 1.